The SMILES string of the molecule is O=C(Nc1cc(Cl)c(F)c(Cl)c1)c1cccs1. The molecule has 0 saturated carbocycles. The summed E-state index contributed by atoms with van der Waals surface area (Å²) in [6.07, 6.45) is 0. The van der Waals surface area contributed by atoms with Crippen LogP contribution in [0, 0.1) is 5.82 Å². The largest absolute Gasteiger partial charge is 0.321 e. The standard InChI is InChI=1S/C11H6Cl2FNOS/c12-7-4-6(5-8(13)10(7)14)15-11(16)9-2-1-3-17-9/h1-5H,(H,15,16). The summed E-state index contributed by atoms with van der Waals surface area (Å²) in [7, 11) is 0. The van der Waals surface area contributed by atoms with E-state index in [9.17, 15) is 9.18 Å². The van der Waals surface area contributed by atoms with E-state index < -0.39 is 5.82 Å². The minimum Gasteiger partial charge on any atom is -0.321 e. The molecular weight excluding hydrogens is 284 g/mol. The Morgan fingerprint density at radius 1 is 1.29 bits per heavy atom. The number of thiophene rings is 1. The number of carbonyl (C=O) groups is 1. The van der Waals surface area contributed by atoms with E-state index in [0.717, 1.165) is 0 Å². The fourth-order valence-corrected chi connectivity index (χ4v) is 2.33. The Kier molecular flexibility index (Phi) is 3.66. The number of hydrogen-bond acceptors (Lipinski definition) is 2. The van der Waals surface area contributed by atoms with Crippen LogP contribution in [0.5, 0.6) is 0 Å². The van der Waals surface area contributed by atoms with Crippen molar-refractivity contribution < 1.29 is 9.18 Å². The van der Waals surface area contributed by atoms with Gasteiger partial charge in [-0.05, 0) is 23.6 Å². The van der Waals surface area contributed by atoms with E-state index in [2.05, 4.69) is 5.32 Å². The van der Waals surface area contributed by atoms with Crippen molar-refractivity contribution in [3.8, 4) is 0 Å². The number of amides is 1. The molecule has 1 aromatic carbocycles. The molecule has 6 heteroatoms. The first-order valence-electron chi connectivity index (χ1n) is 4.57. The van der Waals surface area contributed by atoms with Crippen molar-refractivity contribution in [3.05, 3.63) is 50.4 Å². The van der Waals surface area contributed by atoms with Crippen LogP contribution < -0.4 is 5.32 Å². The Morgan fingerprint density at radius 2 is 1.94 bits per heavy atom. The van der Waals surface area contributed by atoms with Gasteiger partial charge < -0.3 is 5.32 Å². The maximum atomic E-state index is 13.1. The fraction of sp³-hybridized carbons (Fsp3) is 0. The van der Waals surface area contributed by atoms with Gasteiger partial charge in [-0.1, -0.05) is 29.3 Å². The molecule has 0 saturated heterocycles. The van der Waals surface area contributed by atoms with E-state index in [1.54, 1.807) is 17.5 Å². The molecule has 1 heterocycles. The van der Waals surface area contributed by atoms with Crippen LogP contribution in [0.25, 0.3) is 0 Å². The summed E-state index contributed by atoms with van der Waals surface area (Å²) in [5.74, 6) is -0.971. The number of halogens is 3. The summed E-state index contributed by atoms with van der Waals surface area (Å²) in [5, 5.41) is 4.13. The van der Waals surface area contributed by atoms with Gasteiger partial charge in [0.05, 0.1) is 14.9 Å². The van der Waals surface area contributed by atoms with Crippen molar-refractivity contribution in [2.45, 2.75) is 0 Å². The monoisotopic (exact) mass is 289 g/mol. The number of rotatable bonds is 2. The van der Waals surface area contributed by atoms with Gasteiger partial charge in [-0.2, -0.15) is 0 Å². The minimum absolute atomic E-state index is 0.126. The van der Waals surface area contributed by atoms with E-state index in [-0.39, 0.29) is 16.0 Å². The molecule has 2 rings (SSSR count). The lowest BCUT2D eigenvalue weighted by Crippen LogP contribution is -2.10. The summed E-state index contributed by atoms with van der Waals surface area (Å²) in [5.41, 5.74) is 0.361. The van der Waals surface area contributed by atoms with Gasteiger partial charge in [0.25, 0.3) is 5.91 Å². The molecule has 0 aliphatic heterocycles. The fourth-order valence-electron chi connectivity index (χ4n) is 1.23. The van der Waals surface area contributed by atoms with E-state index >= 15 is 0 Å². The molecule has 2 aromatic rings. The molecule has 0 atom stereocenters. The third kappa shape index (κ3) is 2.77. The summed E-state index contributed by atoms with van der Waals surface area (Å²) in [6.45, 7) is 0. The maximum absolute atomic E-state index is 13.1. The first kappa shape index (κ1) is 12.4. The molecule has 0 aliphatic carbocycles. The summed E-state index contributed by atoms with van der Waals surface area (Å²) >= 11 is 12.5. The molecule has 17 heavy (non-hydrogen) atoms. The van der Waals surface area contributed by atoms with Crippen LogP contribution in [0.4, 0.5) is 10.1 Å². The lowest BCUT2D eigenvalue weighted by Gasteiger charge is -2.05. The molecular formula is C11H6Cl2FNOS. The van der Waals surface area contributed by atoms with Crippen LogP contribution in [0.1, 0.15) is 9.67 Å². The molecule has 1 amide bonds. The van der Waals surface area contributed by atoms with Gasteiger partial charge in [0.15, 0.2) is 5.82 Å². The van der Waals surface area contributed by atoms with Gasteiger partial charge in [0, 0.05) is 5.69 Å². The molecule has 0 unspecified atom stereocenters. The second-order valence-electron chi connectivity index (χ2n) is 3.19. The molecule has 0 fully saturated rings. The van der Waals surface area contributed by atoms with Crippen molar-refractivity contribution in [1.29, 1.82) is 0 Å². The summed E-state index contributed by atoms with van der Waals surface area (Å²) < 4.78 is 13.1. The second kappa shape index (κ2) is 5.04. The predicted octanol–water partition coefficient (Wildman–Crippen LogP) is 4.45. The van der Waals surface area contributed by atoms with Crippen LogP contribution in [-0.4, -0.2) is 5.91 Å². The van der Waals surface area contributed by atoms with Gasteiger partial charge in [0.2, 0.25) is 0 Å². The Labute approximate surface area is 111 Å². The van der Waals surface area contributed by atoms with Crippen molar-refractivity contribution in [2.24, 2.45) is 0 Å². The van der Waals surface area contributed by atoms with Crippen molar-refractivity contribution >= 4 is 46.1 Å². The Bertz CT molecular complexity index is 534. The Hall–Kier alpha value is -1.10. The Balaban J connectivity index is 2.22. The lowest BCUT2D eigenvalue weighted by molar-refractivity contribution is 0.103. The zero-order valence-corrected chi connectivity index (χ0v) is 10.7. The first-order chi connectivity index (χ1) is 8.08. The van der Waals surface area contributed by atoms with E-state index in [4.69, 9.17) is 23.2 Å². The molecule has 1 aromatic heterocycles. The van der Waals surface area contributed by atoms with E-state index in [1.165, 1.54) is 23.5 Å². The third-order valence-electron chi connectivity index (χ3n) is 1.99. The molecule has 0 spiro atoms. The van der Waals surface area contributed by atoms with Crippen molar-refractivity contribution in [1.82, 2.24) is 0 Å². The number of anilines is 1. The van der Waals surface area contributed by atoms with E-state index in [0.29, 0.717) is 10.6 Å². The normalized spacial score (nSPS) is 10.3. The van der Waals surface area contributed by atoms with Crippen LogP contribution in [0.2, 0.25) is 10.0 Å². The molecule has 0 radical (unpaired) electrons. The molecule has 2 nitrogen and oxygen atoms in total. The number of hydrogen-bond donors (Lipinski definition) is 1. The van der Waals surface area contributed by atoms with Gasteiger partial charge >= 0.3 is 0 Å². The highest BCUT2D eigenvalue weighted by atomic mass is 35.5. The second-order valence-corrected chi connectivity index (χ2v) is 4.95. The quantitative estimate of drug-likeness (QED) is 0.814. The average Bonchev–Trinajstić information content (AvgIpc) is 2.79. The smallest absolute Gasteiger partial charge is 0.265 e. The average molecular weight is 290 g/mol. The van der Waals surface area contributed by atoms with E-state index in [1.807, 2.05) is 0 Å². The predicted molar refractivity (Wildman–Crippen MR) is 68.7 cm³/mol. The zero-order chi connectivity index (χ0) is 12.4. The molecule has 0 aliphatic rings. The third-order valence-corrected chi connectivity index (χ3v) is 3.41. The van der Waals surface area contributed by atoms with Crippen molar-refractivity contribution in [3.63, 3.8) is 0 Å². The number of nitrogens with one attached hydrogen (secondary N) is 1. The van der Waals surface area contributed by atoms with Gasteiger partial charge in [0.1, 0.15) is 0 Å². The highest BCUT2D eigenvalue weighted by molar-refractivity contribution is 7.12. The summed E-state index contributed by atoms with van der Waals surface area (Å²) in [4.78, 5) is 12.3. The Morgan fingerprint density at radius 3 is 2.47 bits per heavy atom. The van der Waals surface area contributed by atoms with Gasteiger partial charge in [-0.15, -0.1) is 11.3 Å². The summed E-state index contributed by atoms with van der Waals surface area (Å²) in [6, 6.07) is 6.08. The van der Waals surface area contributed by atoms with Gasteiger partial charge in [-0.3, -0.25) is 4.79 Å². The van der Waals surface area contributed by atoms with Gasteiger partial charge in [-0.25, -0.2) is 4.39 Å². The molecule has 0 bridgehead atoms. The van der Waals surface area contributed by atoms with Crippen molar-refractivity contribution in [2.75, 3.05) is 5.32 Å². The number of benzene rings is 1. The lowest BCUT2D eigenvalue weighted by atomic mass is 10.3. The van der Waals surface area contributed by atoms with Crippen LogP contribution >= 0.6 is 34.5 Å². The van der Waals surface area contributed by atoms with Crippen LogP contribution in [-0.2, 0) is 0 Å². The molecule has 1 N–H and O–H groups in total. The van der Waals surface area contributed by atoms with Crippen LogP contribution in [0.15, 0.2) is 29.6 Å². The highest BCUT2D eigenvalue weighted by Crippen LogP contribution is 2.27. The highest BCUT2D eigenvalue weighted by Gasteiger charge is 2.11. The topological polar surface area (TPSA) is 29.1 Å². The molecule has 88 valence electrons. The van der Waals surface area contributed by atoms with Crippen LogP contribution in [0.3, 0.4) is 0 Å². The zero-order valence-electron chi connectivity index (χ0n) is 8.34. The number of carbonyl (C=O) groups excluding carboxylic acids is 1. The maximum Gasteiger partial charge on any atom is 0.265 e. The minimum atomic E-state index is -0.692. The first-order valence-corrected chi connectivity index (χ1v) is 6.21.